The molecule has 0 saturated heterocycles. The van der Waals surface area contributed by atoms with Gasteiger partial charge in [-0.05, 0) is 6.07 Å². The summed E-state index contributed by atoms with van der Waals surface area (Å²) in [5, 5.41) is 0. The summed E-state index contributed by atoms with van der Waals surface area (Å²) in [5.74, 6) is -0.258. The van der Waals surface area contributed by atoms with E-state index in [-0.39, 0.29) is 12.5 Å². The van der Waals surface area contributed by atoms with Crippen molar-refractivity contribution < 1.29 is 22.5 Å². The van der Waals surface area contributed by atoms with Crippen LogP contribution in [0.4, 0.5) is 0 Å². The Labute approximate surface area is 92.3 Å². The summed E-state index contributed by atoms with van der Waals surface area (Å²) in [6.45, 7) is -0.842. The number of rotatable bonds is 6. The van der Waals surface area contributed by atoms with Gasteiger partial charge in [0.05, 0.1) is 6.54 Å². The molecule has 1 aromatic rings. The van der Waals surface area contributed by atoms with E-state index in [1.54, 1.807) is 22.9 Å². The summed E-state index contributed by atoms with van der Waals surface area (Å²) in [5.41, 5.74) is 0. The Bertz CT molecular complexity index is 445. The van der Waals surface area contributed by atoms with E-state index in [0.29, 0.717) is 0 Å². The zero-order valence-corrected chi connectivity index (χ0v) is 8.98. The molecule has 1 rings (SSSR count). The van der Waals surface area contributed by atoms with Gasteiger partial charge in [-0.25, -0.2) is 4.98 Å². The van der Waals surface area contributed by atoms with Gasteiger partial charge in [0.15, 0.2) is 5.78 Å². The Morgan fingerprint density at radius 1 is 1.50 bits per heavy atom. The number of ketones is 1. The number of nitrogens with one attached hydrogen (secondary N) is 1. The molecule has 88 valence electrons. The minimum absolute atomic E-state index is 0.266. The molecule has 0 atom stereocenters. The third kappa shape index (κ3) is 5.39. The van der Waals surface area contributed by atoms with Gasteiger partial charge in [-0.1, -0.05) is 6.07 Å². The lowest BCUT2D eigenvalue weighted by Gasteiger charge is -2.03. The minimum Gasteiger partial charge on any atom is -0.470 e. The van der Waals surface area contributed by atoms with Gasteiger partial charge in [-0.2, -0.15) is 13.1 Å². The number of Topliss-reactive ketones (excluding diaryl/α,β-unsaturated/α-hetero) is 1. The maximum Gasteiger partial charge on any atom is 0.333 e. The molecule has 0 aromatic carbocycles. The van der Waals surface area contributed by atoms with Crippen LogP contribution >= 0.6 is 0 Å². The van der Waals surface area contributed by atoms with Crippen molar-refractivity contribution in [3.8, 4) is 5.88 Å². The van der Waals surface area contributed by atoms with E-state index >= 15 is 0 Å². The third-order valence-corrected chi connectivity index (χ3v) is 1.98. The summed E-state index contributed by atoms with van der Waals surface area (Å²) in [4.78, 5) is 14.9. The fraction of sp³-hybridized carbons (Fsp3) is 0.250. The van der Waals surface area contributed by atoms with E-state index in [1.807, 2.05) is 0 Å². The zero-order chi connectivity index (χ0) is 12.0. The molecule has 2 N–H and O–H groups in total. The predicted octanol–water partition coefficient (Wildman–Crippen LogP) is -0.578. The van der Waals surface area contributed by atoms with Crippen molar-refractivity contribution in [3.63, 3.8) is 0 Å². The summed E-state index contributed by atoms with van der Waals surface area (Å²) < 4.78 is 35.4. The number of hydrogen-bond acceptors (Lipinski definition) is 5. The van der Waals surface area contributed by atoms with Crippen LogP contribution in [-0.4, -0.2) is 36.9 Å². The first-order valence-corrected chi connectivity index (χ1v) is 5.69. The number of carbonyl (C=O) groups excluding carboxylic acids is 1. The maximum absolute atomic E-state index is 11.1. The monoisotopic (exact) mass is 246 g/mol. The Morgan fingerprint density at radius 3 is 2.81 bits per heavy atom. The fourth-order valence-corrected chi connectivity index (χ4v) is 1.15. The van der Waals surface area contributed by atoms with Gasteiger partial charge in [0.25, 0.3) is 0 Å². The van der Waals surface area contributed by atoms with Crippen molar-refractivity contribution >= 4 is 16.1 Å². The molecule has 0 unspecified atom stereocenters. The molecule has 0 spiro atoms. The molecule has 1 heterocycles. The van der Waals surface area contributed by atoms with Crippen LogP contribution in [0.3, 0.4) is 0 Å². The van der Waals surface area contributed by atoms with Crippen molar-refractivity contribution in [3.05, 3.63) is 24.4 Å². The summed E-state index contributed by atoms with van der Waals surface area (Å²) in [7, 11) is -4.34. The van der Waals surface area contributed by atoms with Crippen molar-refractivity contribution in [2.24, 2.45) is 0 Å². The topological polar surface area (TPSA) is 106 Å². The van der Waals surface area contributed by atoms with E-state index in [2.05, 4.69) is 4.98 Å². The van der Waals surface area contributed by atoms with Crippen LogP contribution in [0.1, 0.15) is 0 Å². The number of pyridine rings is 1. The van der Waals surface area contributed by atoms with Crippen molar-refractivity contribution in [1.29, 1.82) is 0 Å². The van der Waals surface area contributed by atoms with Gasteiger partial charge in [-0.3, -0.25) is 9.35 Å². The molecule has 16 heavy (non-hydrogen) atoms. The van der Waals surface area contributed by atoms with Gasteiger partial charge in [0.1, 0.15) is 6.61 Å². The van der Waals surface area contributed by atoms with Crippen LogP contribution in [-0.2, 0) is 15.1 Å². The molecule has 0 aliphatic carbocycles. The smallest absolute Gasteiger partial charge is 0.333 e. The highest BCUT2D eigenvalue weighted by atomic mass is 32.2. The van der Waals surface area contributed by atoms with E-state index in [0.717, 1.165) is 0 Å². The number of carbonyl (C=O) groups is 1. The first kappa shape index (κ1) is 12.6. The van der Waals surface area contributed by atoms with Crippen LogP contribution < -0.4 is 9.46 Å². The molecule has 0 aliphatic rings. The second-order valence-electron chi connectivity index (χ2n) is 2.79. The molecule has 7 nitrogen and oxygen atoms in total. The molecule has 0 bridgehead atoms. The summed E-state index contributed by atoms with van der Waals surface area (Å²) >= 11 is 0. The maximum atomic E-state index is 11.1. The second-order valence-corrected chi connectivity index (χ2v) is 4.03. The minimum atomic E-state index is -4.34. The van der Waals surface area contributed by atoms with Crippen LogP contribution in [0.5, 0.6) is 5.88 Å². The quantitative estimate of drug-likeness (QED) is 0.651. The van der Waals surface area contributed by atoms with Crippen LogP contribution in [0, 0.1) is 0 Å². The molecule has 0 aliphatic heterocycles. The van der Waals surface area contributed by atoms with Crippen molar-refractivity contribution in [2.45, 2.75) is 0 Å². The zero-order valence-electron chi connectivity index (χ0n) is 8.16. The fourth-order valence-electron chi connectivity index (χ4n) is 0.810. The van der Waals surface area contributed by atoms with E-state index < -0.39 is 22.6 Å². The average Bonchev–Trinajstić information content (AvgIpc) is 2.24. The van der Waals surface area contributed by atoms with Crippen molar-refractivity contribution in [2.75, 3.05) is 13.2 Å². The molecule has 0 saturated carbocycles. The second kappa shape index (κ2) is 5.54. The van der Waals surface area contributed by atoms with Crippen LogP contribution in [0.25, 0.3) is 0 Å². The predicted molar refractivity (Wildman–Crippen MR) is 54.3 cm³/mol. The molecule has 0 amide bonds. The largest absolute Gasteiger partial charge is 0.470 e. The Balaban J connectivity index is 2.31. The van der Waals surface area contributed by atoms with E-state index in [9.17, 15) is 13.2 Å². The lowest BCUT2D eigenvalue weighted by Crippen LogP contribution is -2.31. The first-order valence-electron chi connectivity index (χ1n) is 4.25. The van der Waals surface area contributed by atoms with Crippen molar-refractivity contribution in [1.82, 2.24) is 9.71 Å². The van der Waals surface area contributed by atoms with Crippen LogP contribution in [0.2, 0.25) is 0 Å². The molecule has 1 aromatic heterocycles. The molecule has 0 fully saturated rings. The van der Waals surface area contributed by atoms with E-state index in [1.165, 1.54) is 6.20 Å². The van der Waals surface area contributed by atoms with Gasteiger partial charge in [-0.15, -0.1) is 0 Å². The highest BCUT2D eigenvalue weighted by molar-refractivity contribution is 7.83. The standard InChI is InChI=1S/C8H10N2O5S/c11-7(5-10-16(12,13)14)6-15-8-3-1-2-4-9-8/h1-4,10H,5-6H2,(H,12,13,14). The molecule has 8 heteroatoms. The normalized spacial score (nSPS) is 11.1. The van der Waals surface area contributed by atoms with Crippen LogP contribution in [0.15, 0.2) is 24.4 Å². The number of aromatic nitrogens is 1. The summed E-state index contributed by atoms with van der Waals surface area (Å²) in [6.07, 6.45) is 1.50. The number of nitrogens with zero attached hydrogens (tertiary/aromatic N) is 1. The first-order chi connectivity index (χ1) is 7.47. The summed E-state index contributed by atoms with van der Waals surface area (Å²) in [6, 6.07) is 4.93. The Hall–Kier alpha value is -1.51. The lowest BCUT2D eigenvalue weighted by molar-refractivity contribution is -0.120. The van der Waals surface area contributed by atoms with Gasteiger partial charge < -0.3 is 4.74 Å². The molecular weight excluding hydrogens is 236 g/mol. The molecular formula is C8H10N2O5S. The highest BCUT2D eigenvalue weighted by Gasteiger charge is 2.08. The van der Waals surface area contributed by atoms with Gasteiger partial charge in [0, 0.05) is 12.3 Å². The third-order valence-electron chi connectivity index (χ3n) is 1.47. The van der Waals surface area contributed by atoms with E-state index in [4.69, 9.17) is 9.29 Å². The lowest BCUT2D eigenvalue weighted by atomic mass is 10.4. The van der Waals surface area contributed by atoms with Gasteiger partial charge >= 0.3 is 10.3 Å². The Kier molecular flexibility index (Phi) is 4.35. The highest BCUT2D eigenvalue weighted by Crippen LogP contribution is 2.02. The average molecular weight is 246 g/mol. The SMILES string of the molecule is O=C(CNS(=O)(=O)O)COc1ccccn1. The molecule has 0 radical (unpaired) electrons. The Morgan fingerprint density at radius 2 is 2.25 bits per heavy atom. The number of ether oxygens (including phenoxy) is 1. The number of hydrogen-bond donors (Lipinski definition) is 2. The van der Waals surface area contributed by atoms with Gasteiger partial charge in [0.2, 0.25) is 5.88 Å².